The number of amides is 3. The summed E-state index contributed by atoms with van der Waals surface area (Å²) in [7, 11) is 0. The maximum atomic E-state index is 13.9. The number of nitrogens with one attached hydrogen (secondary N) is 2. The van der Waals surface area contributed by atoms with Gasteiger partial charge in [-0.1, -0.05) is 37.5 Å². The van der Waals surface area contributed by atoms with Crippen molar-refractivity contribution < 1.29 is 14.0 Å². The molecule has 2 aliphatic rings. The van der Waals surface area contributed by atoms with Gasteiger partial charge < -0.3 is 15.5 Å². The zero-order valence-corrected chi connectivity index (χ0v) is 15.9. The van der Waals surface area contributed by atoms with Crippen LogP contribution in [-0.4, -0.2) is 36.0 Å². The number of benzene rings is 1. The highest BCUT2D eigenvalue weighted by Crippen LogP contribution is 2.29. The zero-order chi connectivity index (χ0) is 19.1. The lowest BCUT2D eigenvalue weighted by Crippen LogP contribution is -2.44. The Bertz CT molecular complexity index is 642. The summed E-state index contributed by atoms with van der Waals surface area (Å²) >= 11 is 0. The second-order valence-electron chi connectivity index (χ2n) is 7.74. The van der Waals surface area contributed by atoms with Crippen LogP contribution in [0.4, 0.5) is 9.18 Å². The van der Waals surface area contributed by atoms with E-state index in [1.54, 1.807) is 23.1 Å². The van der Waals surface area contributed by atoms with Gasteiger partial charge in [0.25, 0.3) is 0 Å². The smallest absolute Gasteiger partial charge is 0.318 e. The predicted molar refractivity (Wildman–Crippen MR) is 103 cm³/mol. The average molecular weight is 375 g/mol. The molecule has 0 bridgehead atoms. The van der Waals surface area contributed by atoms with Crippen molar-refractivity contribution in [1.82, 2.24) is 15.5 Å². The Kier molecular flexibility index (Phi) is 7.07. The SMILES string of the molecule is O=C(CC1CCCCC1)NCCNC(=O)N(Cc1ccccc1F)C1CC1. The molecule has 0 saturated heterocycles. The second-order valence-corrected chi connectivity index (χ2v) is 7.74. The molecule has 148 valence electrons. The van der Waals surface area contributed by atoms with Crippen LogP contribution in [0.25, 0.3) is 0 Å². The van der Waals surface area contributed by atoms with Gasteiger partial charge in [-0.3, -0.25) is 4.79 Å². The molecule has 1 aromatic carbocycles. The van der Waals surface area contributed by atoms with Crippen molar-refractivity contribution >= 4 is 11.9 Å². The van der Waals surface area contributed by atoms with Crippen molar-refractivity contribution in [2.24, 2.45) is 5.92 Å². The van der Waals surface area contributed by atoms with E-state index in [4.69, 9.17) is 0 Å². The Morgan fingerprint density at radius 2 is 1.70 bits per heavy atom. The molecule has 2 saturated carbocycles. The van der Waals surface area contributed by atoms with Gasteiger partial charge in [-0.25, -0.2) is 9.18 Å². The molecule has 1 aromatic rings. The molecular weight excluding hydrogens is 345 g/mol. The molecule has 0 atom stereocenters. The Labute approximate surface area is 160 Å². The topological polar surface area (TPSA) is 61.4 Å². The van der Waals surface area contributed by atoms with Crippen LogP contribution in [0.5, 0.6) is 0 Å². The highest BCUT2D eigenvalue weighted by atomic mass is 19.1. The number of hydrogen-bond donors (Lipinski definition) is 2. The number of carbonyl (C=O) groups excluding carboxylic acids is 2. The molecule has 2 N–H and O–H groups in total. The minimum absolute atomic E-state index is 0.0709. The molecule has 0 spiro atoms. The van der Waals surface area contributed by atoms with E-state index in [1.165, 1.54) is 25.3 Å². The lowest BCUT2D eigenvalue weighted by Gasteiger charge is -2.23. The Morgan fingerprint density at radius 3 is 2.41 bits per heavy atom. The van der Waals surface area contributed by atoms with Gasteiger partial charge in [0.2, 0.25) is 5.91 Å². The first-order valence-corrected chi connectivity index (χ1v) is 10.2. The zero-order valence-electron chi connectivity index (χ0n) is 15.9. The number of carbonyl (C=O) groups is 2. The van der Waals surface area contributed by atoms with Gasteiger partial charge in [0.15, 0.2) is 0 Å². The van der Waals surface area contributed by atoms with E-state index >= 15 is 0 Å². The molecule has 0 aliphatic heterocycles. The van der Waals surface area contributed by atoms with Crippen molar-refractivity contribution in [3.63, 3.8) is 0 Å². The summed E-state index contributed by atoms with van der Waals surface area (Å²) in [6.07, 6.45) is 8.55. The molecule has 3 rings (SSSR count). The highest BCUT2D eigenvalue weighted by Gasteiger charge is 2.32. The normalized spacial score (nSPS) is 17.4. The number of rotatable bonds is 8. The molecule has 2 aliphatic carbocycles. The summed E-state index contributed by atoms with van der Waals surface area (Å²) in [6.45, 7) is 1.09. The van der Waals surface area contributed by atoms with Crippen LogP contribution in [0.15, 0.2) is 24.3 Å². The van der Waals surface area contributed by atoms with Crippen molar-refractivity contribution in [2.75, 3.05) is 13.1 Å². The summed E-state index contributed by atoms with van der Waals surface area (Å²) < 4.78 is 13.9. The minimum atomic E-state index is -0.286. The highest BCUT2D eigenvalue weighted by molar-refractivity contribution is 5.77. The number of urea groups is 1. The molecule has 0 aromatic heterocycles. The van der Waals surface area contributed by atoms with Gasteiger partial charge in [0, 0.05) is 31.1 Å². The first-order valence-electron chi connectivity index (χ1n) is 10.2. The quantitative estimate of drug-likeness (QED) is 0.682. The third-order valence-corrected chi connectivity index (χ3v) is 5.47. The molecule has 3 amide bonds. The molecule has 0 unspecified atom stereocenters. The van der Waals surface area contributed by atoms with Crippen molar-refractivity contribution in [3.05, 3.63) is 35.6 Å². The lowest BCUT2D eigenvalue weighted by molar-refractivity contribution is -0.122. The van der Waals surface area contributed by atoms with E-state index < -0.39 is 0 Å². The molecule has 27 heavy (non-hydrogen) atoms. The minimum Gasteiger partial charge on any atom is -0.354 e. The maximum absolute atomic E-state index is 13.9. The number of hydrogen-bond acceptors (Lipinski definition) is 2. The van der Waals surface area contributed by atoms with Crippen molar-refractivity contribution in [2.45, 2.75) is 64.0 Å². The summed E-state index contributed by atoms with van der Waals surface area (Å²) in [4.78, 5) is 26.2. The van der Waals surface area contributed by atoms with Crippen LogP contribution >= 0.6 is 0 Å². The molecule has 2 fully saturated rings. The van der Waals surface area contributed by atoms with Gasteiger partial charge in [0.1, 0.15) is 5.82 Å². The van der Waals surface area contributed by atoms with E-state index in [0.29, 0.717) is 31.0 Å². The van der Waals surface area contributed by atoms with Crippen molar-refractivity contribution in [3.8, 4) is 0 Å². The maximum Gasteiger partial charge on any atom is 0.318 e. The standard InChI is InChI=1S/C21H30FN3O2/c22-19-9-5-4-8-17(19)15-25(18-10-11-18)21(27)24-13-12-23-20(26)14-16-6-2-1-3-7-16/h4-5,8-9,16,18H,1-3,6-7,10-15H2,(H,23,26)(H,24,27). The summed E-state index contributed by atoms with van der Waals surface area (Å²) in [5.41, 5.74) is 0.528. The van der Waals surface area contributed by atoms with Crippen LogP contribution in [-0.2, 0) is 11.3 Å². The Balaban J connectivity index is 1.38. The van der Waals surface area contributed by atoms with Gasteiger partial charge in [-0.2, -0.15) is 0 Å². The fourth-order valence-corrected chi connectivity index (χ4v) is 3.76. The van der Waals surface area contributed by atoms with E-state index in [1.807, 2.05) is 0 Å². The van der Waals surface area contributed by atoms with E-state index in [9.17, 15) is 14.0 Å². The van der Waals surface area contributed by atoms with E-state index in [0.717, 1.165) is 25.7 Å². The van der Waals surface area contributed by atoms with E-state index in [-0.39, 0.29) is 30.3 Å². The van der Waals surface area contributed by atoms with Crippen LogP contribution in [0, 0.1) is 11.7 Å². The van der Waals surface area contributed by atoms with Crippen LogP contribution in [0.2, 0.25) is 0 Å². The van der Waals surface area contributed by atoms with Crippen LogP contribution < -0.4 is 10.6 Å². The summed E-state index contributed by atoms with van der Waals surface area (Å²) in [5, 5.41) is 5.75. The van der Waals surface area contributed by atoms with Gasteiger partial charge in [-0.05, 0) is 37.7 Å². The predicted octanol–water partition coefficient (Wildman–Crippen LogP) is 3.59. The largest absolute Gasteiger partial charge is 0.354 e. The number of halogens is 1. The summed E-state index contributed by atoms with van der Waals surface area (Å²) in [5.74, 6) is 0.298. The Hall–Kier alpha value is -2.11. The fraction of sp³-hybridized carbons (Fsp3) is 0.619. The second kappa shape index (κ2) is 9.72. The average Bonchev–Trinajstić information content (AvgIpc) is 3.50. The fourth-order valence-electron chi connectivity index (χ4n) is 3.76. The van der Waals surface area contributed by atoms with Crippen molar-refractivity contribution in [1.29, 1.82) is 0 Å². The van der Waals surface area contributed by atoms with Crippen LogP contribution in [0.3, 0.4) is 0 Å². The molecule has 0 radical (unpaired) electrons. The first kappa shape index (κ1) is 19.6. The molecule has 5 nitrogen and oxygen atoms in total. The third-order valence-electron chi connectivity index (χ3n) is 5.47. The Morgan fingerprint density at radius 1 is 1.00 bits per heavy atom. The molecule has 0 heterocycles. The first-order chi connectivity index (χ1) is 13.1. The van der Waals surface area contributed by atoms with E-state index in [2.05, 4.69) is 10.6 Å². The molecular formula is C21H30FN3O2. The van der Waals surface area contributed by atoms with Gasteiger partial charge in [-0.15, -0.1) is 0 Å². The molecule has 6 heteroatoms. The van der Waals surface area contributed by atoms with Crippen LogP contribution in [0.1, 0.15) is 56.9 Å². The van der Waals surface area contributed by atoms with Gasteiger partial charge >= 0.3 is 6.03 Å². The number of nitrogens with zero attached hydrogens (tertiary/aromatic N) is 1. The summed E-state index contributed by atoms with van der Waals surface area (Å²) in [6, 6.07) is 6.55. The van der Waals surface area contributed by atoms with Gasteiger partial charge in [0.05, 0.1) is 6.54 Å². The monoisotopic (exact) mass is 375 g/mol. The lowest BCUT2D eigenvalue weighted by atomic mass is 9.87. The third kappa shape index (κ3) is 6.22.